The van der Waals surface area contributed by atoms with Crippen molar-refractivity contribution in [2.24, 2.45) is 46.8 Å². The zero-order valence-corrected chi connectivity index (χ0v) is 26.2. The van der Waals surface area contributed by atoms with E-state index in [4.69, 9.17) is 9.47 Å². The molecule has 1 aromatic carbocycles. The van der Waals surface area contributed by atoms with Gasteiger partial charge in [0.1, 0.15) is 12.9 Å². The summed E-state index contributed by atoms with van der Waals surface area (Å²) in [5, 5.41) is 0. The molecule has 6 aliphatic rings. The van der Waals surface area contributed by atoms with Crippen LogP contribution >= 0.6 is 0 Å². The lowest BCUT2D eigenvalue weighted by Gasteiger charge is -2.53. The van der Waals surface area contributed by atoms with E-state index < -0.39 is 0 Å². The van der Waals surface area contributed by atoms with Crippen LogP contribution in [0.5, 0.6) is 0 Å². The molecule has 5 heteroatoms. The first kappa shape index (κ1) is 28.6. The largest absolute Gasteiger partial charge is 0.445 e. The van der Waals surface area contributed by atoms with E-state index in [0.29, 0.717) is 29.8 Å². The predicted molar refractivity (Wildman–Crippen MR) is 164 cm³/mol. The third kappa shape index (κ3) is 4.59. The van der Waals surface area contributed by atoms with Gasteiger partial charge in [-0.3, -0.25) is 0 Å². The molecule has 42 heavy (non-hydrogen) atoms. The number of hydrogen-bond acceptors (Lipinski definition) is 4. The first-order valence-corrected chi connectivity index (χ1v) is 17.0. The number of benzene rings is 1. The summed E-state index contributed by atoms with van der Waals surface area (Å²) in [6.07, 6.45) is 12.8. The minimum Gasteiger partial charge on any atom is -0.445 e. The van der Waals surface area contributed by atoms with Crippen molar-refractivity contribution in [3.63, 3.8) is 0 Å². The Labute approximate surface area is 252 Å². The maximum absolute atomic E-state index is 13.5. The number of nitrogens with zero attached hydrogens (tertiary/aromatic N) is 1. The summed E-state index contributed by atoms with van der Waals surface area (Å²) in [6, 6.07) is 10.1. The third-order valence-corrected chi connectivity index (χ3v) is 13.4. The van der Waals surface area contributed by atoms with Crippen molar-refractivity contribution >= 4 is 12.4 Å². The smallest absolute Gasteiger partial charge is 0.410 e. The average molecular weight is 574 g/mol. The Kier molecular flexibility index (Phi) is 7.35. The Morgan fingerprint density at radius 2 is 1.90 bits per heavy atom. The highest BCUT2D eigenvalue weighted by Gasteiger charge is 2.61. The van der Waals surface area contributed by atoms with Crippen molar-refractivity contribution in [3.05, 3.63) is 47.0 Å². The van der Waals surface area contributed by atoms with Crippen molar-refractivity contribution in [3.8, 4) is 0 Å². The number of piperidine rings is 1. The summed E-state index contributed by atoms with van der Waals surface area (Å²) in [5.41, 5.74) is 4.54. The van der Waals surface area contributed by atoms with Gasteiger partial charge in [-0.05, 0) is 112 Å². The van der Waals surface area contributed by atoms with Crippen LogP contribution in [-0.4, -0.2) is 41.6 Å². The number of amides is 1. The number of carbonyl (C=O) groups is 2. The van der Waals surface area contributed by atoms with Gasteiger partial charge in [-0.1, -0.05) is 62.2 Å². The summed E-state index contributed by atoms with van der Waals surface area (Å²) in [6.45, 7) is 10.7. The monoisotopic (exact) mass is 573 g/mol. The second-order valence-electron chi connectivity index (χ2n) is 15.6. The van der Waals surface area contributed by atoms with Crippen LogP contribution in [0.4, 0.5) is 4.79 Å². The normalized spacial score (nSPS) is 44.6. The van der Waals surface area contributed by atoms with Crippen LogP contribution in [0.2, 0.25) is 0 Å². The van der Waals surface area contributed by atoms with E-state index in [2.05, 4.69) is 27.7 Å². The lowest BCUT2D eigenvalue weighted by molar-refractivity contribution is -0.116. The van der Waals surface area contributed by atoms with Gasteiger partial charge in [0.15, 0.2) is 0 Å². The van der Waals surface area contributed by atoms with Crippen LogP contribution in [0.25, 0.3) is 0 Å². The quantitative estimate of drug-likeness (QED) is 0.272. The number of carbonyl (C=O) groups excluding carboxylic acids is 2. The van der Waals surface area contributed by atoms with Crippen LogP contribution in [0.3, 0.4) is 0 Å². The zero-order valence-electron chi connectivity index (χ0n) is 26.2. The van der Waals surface area contributed by atoms with E-state index >= 15 is 0 Å². The summed E-state index contributed by atoms with van der Waals surface area (Å²) in [4.78, 5) is 27.2. The standard InChI is InChI=1S/C37H51NO4/c1-23-16-33-34(38(20-23)35(40)41-22-26-8-6-5-7-9-26)25(3)37(42-33)15-13-29-30-11-10-28-17-27(21-39)12-14-36(28,4)32(30)18-31(29)24(2)19-37/h5-9,21,23,25,27-30,32-34H,10-20,22H2,1-4H3/t23-,25+,27+,28+,29-,30-,32-,33+,34-,36-,37-/m0/s1. The molecular formula is C37H51NO4. The third-order valence-electron chi connectivity index (χ3n) is 13.4. The van der Waals surface area contributed by atoms with Gasteiger partial charge in [0.25, 0.3) is 0 Å². The second kappa shape index (κ2) is 10.8. The van der Waals surface area contributed by atoms with Gasteiger partial charge in [0.2, 0.25) is 0 Å². The molecule has 5 fully saturated rings. The SMILES string of the molecule is CC1=C2C[C@H]3[C@@H](CC[C@@H]4C[C@H](C=O)CC[C@@]43C)[C@@H]2CC[C@@]2(C1)O[C@@H]1C[C@H](C)CN(C(=O)OCc3ccccc3)[C@H]1[C@H]2C. The lowest BCUT2D eigenvalue weighted by Crippen LogP contribution is -2.54. The average Bonchev–Trinajstić information content (AvgIpc) is 3.45. The number of rotatable bonds is 3. The Morgan fingerprint density at radius 1 is 1.10 bits per heavy atom. The fourth-order valence-electron chi connectivity index (χ4n) is 11.2. The van der Waals surface area contributed by atoms with Crippen LogP contribution in [0, 0.1) is 46.8 Å². The summed E-state index contributed by atoms with van der Waals surface area (Å²) in [7, 11) is 0. The Balaban J connectivity index is 1.10. The molecule has 7 rings (SSSR count). The Morgan fingerprint density at radius 3 is 2.69 bits per heavy atom. The lowest BCUT2D eigenvalue weighted by atomic mass is 9.51. The number of fused-ring (bicyclic) bond motifs is 6. The van der Waals surface area contributed by atoms with Crippen molar-refractivity contribution in [2.45, 2.75) is 116 Å². The molecule has 3 saturated carbocycles. The van der Waals surface area contributed by atoms with E-state index in [1.807, 2.05) is 35.2 Å². The van der Waals surface area contributed by atoms with Crippen LogP contribution < -0.4 is 0 Å². The van der Waals surface area contributed by atoms with Gasteiger partial charge in [-0.25, -0.2) is 4.79 Å². The highest BCUT2D eigenvalue weighted by Crippen LogP contribution is 2.65. The molecule has 1 spiro atoms. The van der Waals surface area contributed by atoms with E-state index in [1.165, 1.54) is 38.4 Å². The first-order chi connectivity index (χ1) is 20.2. The Hall–Kier alpha value is -2.14. The highest BCUT2D eigenvalue weighted by molar-refractivity contribution is 5.68. The van der Waals surface area contributed by atoms with Gasteiger partial charge < -0.3 is 19.2 Å². The molecule has 2 aliphatic heterocycles. The fourth-order valence-corrected chi connectivity index (χ4v) is 11.2. The predicted octanol–water partition coefficient (Wildman–Crippen LogP) is 7.98. The van der Waals surface area contributed by atoms with Crippen molar-refractivity contribution in [1.82, 2.24) is 4.90 Å². The Bertz CT molecular complexity index is 1230. The minimum atomic E-state index is -0.197. The maximum Gasteiger partial charge on any atom is 0.410 e. The summed E-state index contributed by atoms with van der Waals surface area (Å²) in [5.74, 6) is 3.91. The molecule has 0 radical (unpaired) electrons. The molecule has 2 heterocycles. The van der Waals surface area contributed by atoms with E-state index in [9.17, 15) is 9.59 Å². The molecule has 0 aromatic heterocycles. The summed E-state index contributed by atoms with van der Waals surface area (Å²) >= 11 is 0. The van der Waals surface area contributed by atoms with E-state index in [0.717, 1.165) is 56.0 Å². The number of ether oxygens (including phenoxy) is 2. The van der Waals surface area contributed by atoms with Crippen LogP contribution in [-0.2, 0) is 20.9 Å². The molecule has 11 atom stereocenters. The van der Waals surface area contributed by atoms with Gasteiger partial charge in [0.05, 0.1) is 17.7 Å². The number of likely N-dealkylation sites (tertiary alicyclic amines) is 1. The number of hydrogen-bond donors (Lipinski definition) is 0. The second-order valence-corrected chi connectivity index (χ2v) is 15.6. The van der Waals surface area contributed by atoms with Crippen molar-refractivity contribution in [2.75, 3.05) is 6.54 Å². The van der Waals surface area contributed by atoms with Gasteiger partial charge in [0, 0.05) is 18.4 Å². The fraction of sp³-hybridized carbons (Fsp3) is 0.730. The topological polar surface area (TPSA) is 55.8 Å². The van der Waals surface area contributed by atoms with Gasteiger partial charge >= 0.3 is 6.09 Å². The number of allylic oxidation sites excluding steroid dienone is 1. The molecule has 0 unspecified atom stereocenters. The minimum absolute atomic E-state index is 0.0790. The van der Waals surface area contributed by atoms with Crippen LogP contribution in [0.15, 0.2) is 41.5 Å². The highest BCUT2D eigenvalue weighted by atomic mass is 16.6. The van der Waals surface area contributed by atoms with Gasteiger partial charge in [-0.2, -0.15) is 0 Å². The molecule has 5 nitrogen and oxygen atoms in total. The summed E-state index contributed by atoms with van der Waals surface area (Å²) < 4.78 is 13.1. The van der Waals surface area contributed by atoms with E-state index in [-0.39, 0.29) is 35.7 Å². The first-order valence-electron chi connectivity index (χ1n) is 17.0. The zero-order chi connectivity index (χ0) is 29.2. The molecule has 0 N–H and O–H groups in total. The molecule has 1 aromatic rings. The molecule has 0 bridgehead atoms. The molecule has 2 saturated heterocycles. The number of aldehydes is 1. The van der Waals surface area contributed by atoms with Crippen molar-refractivity contribution < 1.29 is 19.1 Å². The maximum atomic E-state index is 13.5. The molecule has 228 valence electrons. The molecule has 4 aliphatic carbocycles. The molecular weight excluding hydrogens is 522 g/mol. The molecule has 1 amide bonds. The van der Waals surface area contributed by atoms with E-state index in [1.54, 1.807) is 11.1 Å². The van der Waals surface area contributed by atoms with Gasteiger partial charge in [-0.15, -0.1) is 0 Å². The van der Waals surface area contributed by atoms with Crippen molar-refractivity contribution in [1.29, 1.82) is 0 Å². The van der Waals surface area contributed by atoms with Crippen LogP contribution in [0.1, 0.15) is 97.5 Å².